The molecular formula is C24H30N6O2S. The number of anilines is 2. The molecule has 0 atom stereocenters. The SMILES string of the molecule is Cc1ccnc(NC(=O)CN(C)c2nc(CN3CCOCC3)nc3sc4c(c23)CCCC4)c1. The number of carbonyl (C=O) groups excluding carboxylic acids is 1. The number of likely N-dealkylation sites (N-methyl/N-ethyl adjacent to an activating group) is 1. The van der Waals surface area contributed by atoms with E-state index < -0.39 is 0 Å². The van der Waals surface area contributed by atoms with Crippen LogP contribution in [0.3, 0.4) is 0 Å². The topological polar surface area (TPSA) is 83.5 Å². The van der Waals surface area contributed by atoms with Gasteiger partial charge in [-0.25, -0.2) is 15.0 Å². The molecule has 1 amide bonds. The molecule has 3 aromatic rings. The van der Waals surface area contributed by atoms with E-state index in [1.54, 1.807) is 17.5 Å². The Morgan fingerprint density at radius 2 is 2.06 bits per heavy atom. The lowest BCUT2D eigenvalue weighted by Gasteiger charge is -2.26. The summed E-state index contributed by atoms with van der Waals surface area (Å²) in [5, 5.41) is 4.04. The quantitative estimate of drug-likeness (QED) is 0.597. The van der Waals surface area contributed by atoms with Gasteiger partial charge in [0.25, 0.3) is 0 Å². The molecule has 33 heavy (non-hydrogen) atoms. The molecule has 2 aliphatic rings. The Bertz CT molecular complexity index is 1160. The van der Waals surface area contributed by atoms with Crippen LogP contribution in [0.4, 0.5) is 11.6 Å². The Hall–Kier alpha value is -2.62. The molecule has 8 nitrogen and oxygen atoms in total. The van der Waals surface area contributed by atoms with Crippen molar-refractivity contribution >= 4 is 39.1 Å². The van der Waals surface area contributed by atoms with Crippen LogP contribution < -0.4 is 10.2 Å². The lowest BCUT2D eigenvalue weighted by molar-refractivity contribution is -0.114. The van der Waals surface area contributed by atoms with Gasteiger partial charge in [0.15, 0.2) is 0 Å². The summed E-state index contributed by atoms with van der Waals surface area (Å²) in [6.45, 7) is 6.14. The summed E-state index contributed by atoms with van der Waals surface area (Å²) in [5.74, 6) is 2.13. The fourth-order valence-corrected chi connectivity index (χ4v) is 5.84. The van der Waals surface area contributed by atoms with Crippen LogP contribution in [-0.2, 0) is 28.9 Å². The van der Waals surface area contributed by atoms with Crippen molar-refractivity contribution in [2.75, 3.05) is 50.1 Å². The molecule has 0 radical (unpaired) electrons. The molecular weight excluding hydrogens is 436 g/mol. The van der Waals surface area contributed by atoms with Crippen molar-refractivity contribution in [1.82, 2.24) is 19.9 Å². The average molecular weight is 467 g/mol. The first kappa shape index (κ1) is 22.2. The Balaban J connectivity index is 1.43. The van der Waals surface area contributed by atoms with Gasteiger partial charge in [-0.3, -0.25) is 9.69 Å². The second-order valence-electron chi connectivity index (χ2n) is 8.87. The highest BCUT2D eigenvalue weighted by atomic mass is 32.1. The van der Waals surface area contributed by atoms with Crippen LogP contribution in [-0.4, -0.2) is 65.7 Å². The van der Waals surface area contributed by atoms with Gasteiger partial charge in [-0.05, 0) is 55.9 Å². The predicted molar refractivity (Wildman–Crippen MR) is 131 cm³/mol. The zero-order valence-corrected chi connectivity index (χ0v) is 20.1. The standard InChI is InChI=1S/C24H30N6O2S/c1-16-7-8-25-19(13-16)26-21(31)15-29(2)23-22-17-5-3-4-6-18(17)33-24(22)28-20(27-23)14-30-9-11-32-12-10-30/h7-8,13H,3-6,9-12,14-15H2,1-2H3,(H,25,26,31). The zero-order chi connectivity index (χ0) is 22.8. The van der Waals surface area contributed by atoms with E-state index in [0.717, 1.165) is 66.6 Å². The summed E-state index contributed by atoms with van der Waals surface area (Å²) in [5.41, 5.74) is 2.44. The van der Waals surface area contributed by atoms with Gasteiger partial charge in [-0.15, -0.1) is 11.3 Å². The Morgan fingerprint density at radius 3 is 2.88 bits per heavy atom. The van der Waals surface area contributed by atoms with E-state index in [1.807, 2.05) is 31.0 Å². The maximum absolute atomic E-state index is 12.8. The number of amides is 1. The number of aryl methyl sites for hydroxylation is 3. The van der Waals surface area contributed by atoms with Crippen molar-refractivity contribution in [3.05, 3.63) is 40.2 Å². The van der Waals surface area contributed by atoms with Crippen LogP contribution in [0.2, 0.25) is 0 Å². The number of fused-ring (bicyclic) bond motifs is 3. The number of hydrogen-bond donors (Lipinski definition) is 1. The van der Waals surface area contributed by atoms with Gasteiger partial charge in [0.05, 0.1) is 31.7 Å². The van der Waals surface area contributed by atoms with Crippen LogP contribution in [0.25, 0.3) is 10.2 Å². The number of aromatic nitrogens is 3. The summed E-state index contributed by atoms with van der Waals surface area (Å²) in [7, 11) is 1.94. The number of nitrogens with zero attached hydrogens (tertiary/aromatic N) is 5. The minimum Gasteiger partial charge on any atom is -0.379 e. The zero-order valence-electron chi connectivity index (χ0n) is 19.3. The number of rotatable bonds is 6. The molecule has 0 spiro atoms. The normalized spacial score (nSPS) is 16.5. The summed E-state index contributed by atoms with van der Waals surface area (Å²) < 4.78 is 5.49. The third-order valence-electron chi connectivity index (χ3n) is 6.24. The van der Waals surface area contributed by atoms with E-state index in [4.69, 9.17) is 14.7 Å². The van der Waals surface area contributed by atoms with E-state index in [1.165, 1.54) is 23.3 Å². The van der Waals surface area contributed by atoms with E-state index in [0.29, 0.717) is 12.4 Å². The predicted octanol–water partition coefficient (Wildman–Crippen LogP) is 3.18. The first-order chi connectivity index (χ1) is 16.1. The average Bonchev–Trinajstić information content (AvgIpc) is 3.17. The number of nitrogens with one attached hydrogen (secondary N) is 1. The summed E-state index contributed by atoms with van der Waals surface area (Å²) in [4.78, 5) is 33.8. The maximum atomic E-state index is 12.8. The van der Waals surface area contributed by atoms with E-state index in [2.05, 4.69) is 15.2 Å². The van der Waals surface area contributed by atoms with E-state index >= 15 is 0 Å². The Kier molecular flexibility index (Phi) is 6.52. The van der Waals surface area contributed by atoms with Crippen LogP contribution in [0.1, 0.15) is 34.7 Å². The first-order valence-corrected chi connectivity index (χ1v) is 12.4. The highest BCUT2D eigenvalue weighted by Gasteiger charge is 2.24. The maximum Gasteiger partial charge on any atom is 0.245 e. The first-order valence-electron chi connectivity index (χ1n) is 11.6. The van der Waals surface area contributed by atoms with Crippen molar-refractivity contribution in [3.63, 3.8) is 0 Å². The molecule has 1 fully saturated rings. The van der Waals surface area contributed by atoms with E-state index in [9.17, 15) is 4.79 Å². The number of morpholine rings is 1. The molecule has 1 N–H and O–H groups in total. The largest absolute Gasteiger partial charge is 0.379 e. The summed E-state index contributed by atoms with van der Waals surface area (Å²) in [6.07, 6.45) is 6.29. The second-order valence-corrected chi connectivity index (χ2v) is 9.95. The molecule has 0 bridgehead atoms. The monoisotopic (exact) mass is 466 g/mol. The van der Waals surface area contributed by atoms with Gasteiger partial charge >= 0.3 is 0 Å². The van der Waals surface area contributed by atoms with Gasteiger partial charge < -0.3 is 15.0 Å². The van der Waals surface area contributed by atoms with Gasteiger partial charge in [-0.2, -0.15) is 0 Å². The van der Waals surface area contributed by atoms with Crippen molar-refractivity contribution in [2.24, 2.45) is 0 Å². The fourth-order valence-electron chi connectivity index (χ4n) is 4.56. The van der Waals surface area contributed by atoms with Gasteiger partial charge in [0.1, 0.15) is 22.3 Å². The van der Waals surface area contributed by atoms with Crippen LogP contribution in [0.5, 0.6) is 0 Å². The number of thiophene rings is 1. The molecule has 174 valence electrons. The highest BCUT2D eigenvalue weighted by molar-refractivity contribution is 7.19. The minimum atomic E-state index is -0.110. The summed E-state index contributed by atoms with van der Waals surface area (Å²) >= 11 is 1.80. The van der Waals surface area contributed by atoms with Gasteiger partial charge in [0, 0.05) is 31.2 Å². The van der Waals surface area contributed by atoms with Crippen LogP contribution >= 0.6 is 11.3 Å². The number of pyridine rings is 1. The van der Waals surface area contributed by atoms with Crippen LogP contribution in [0.15, 0.2) is 18.3 Å². The lowest BCUT2D eigenvalue weighted by Crippen LogP contribution is -2.36. The van der Waals surface area contributed by atoms with E-state index in [-0.39, 0.29) is 12.5 Å². The third-order valence-corrected chi connectivity index (χ3v) is 7.42. The number of hydrogen-bond acceptors (Lipinski definition) is 8. The van der Waals surface area contributed by atoms with Crippen LogP contribution in [0, 0.1) is 6.92 Å². The Morgan fingerprint density at radius 1 is 1.24 bits per heavy atom. The number of carbonyl (C=O) groups is 1. The van der Waals surface area contributed by atoms with Crippen molar-refractivity contribution < 1.29 is 9.53 Å². The van der Waals surface area contributed by atoms with Crippen molar-refractivity contribution in [1.29, 1.82) is 0 Å². The molecule has 0 aromatic carbocycles. The molecule has 1 aliphatic carbocycles. The molecule has 0 unspecified atom stereocenters. The molecule has 4 heterocycles. The minimum absolute atomic E-state index is 0.110. The molecule has 9 heteroatoms. The molecule has 1 aliphatic heterocycles. The fraction of sp³-hybridized carbons (Fsp3) is 0.500. The van der Waals surface area contributed by atoms with Gasteiger partial charge in [-0.1, -0.05) is 0 Å². The molecule has 0 saturated carbocycles. The van der Waals surface area contributed by atoms with Gasteiger partial charge in [0.2, 0.25) is 5.91 Å². The Labute approximate surface area is 198 Å². The van der Waals surface area contributed by atoms with Crippen molar-refractivity contribution in [2.45, 2.75) is 39.2 Å². The lowest BCUT2D eigenvalue weighted by atomic mass is 9.97. The molecule has 3 aromatic heterocycles. The molecule has 5 rings (SSSR count). The molecule has 1 saturated heterocycles. The summed E-state index contributed by atoms with van der Waals surface area (Å²) in [6, 6.07) is 3.78. The highest BCUT2D eigenvalue weighted by Crippen LogP contribution is 2.39. The third kappa shape index (κ3) is 5.00. The second kappa shape index (κ2) is 9.70. The van der Waals surface area contributed by atoms with Crippen molar-refractivity contribution in [3.8, 4) is 0 Å². The number of ether oxygens (including phenoxy) is 1. The smallest absolute Gasteiger partial charge is 0.245 e.